The molecule has 21 heavy (non-hydrogen) atoms. The molecular formula is C13H18BrN3O3S. The van der Waals surface area contributed by atoms with Gasteiger partial charge in [0.15, 0.2) is 0 Å². The van der Waals surface area contributed by atoms with Gasteiger partial charge in [-0.25, -0.2) is 8.42 Å². The van der Waals surface area contributed by atoms with Gasteiger partial charge in [0.1, 0.15) is 6.04 Å². The highest BCUT2D eigenvalue weighted by molar-refractivity contribution is 9.10. The molecule has 1 amide bonds. The third kappa shape index (κ3) is 3.63. The van der Waals surface area contributed by atoms with Crippen molar-refractivity contribution in [2.45, 2.75) is 17.9 Å². The lowest BCUT2D eigenvalue weighted by atomic mass is 10.2. The van der Waals surface area contributed by atoms with Crippen LogP contribution < -0.4 is 10.6 Å². The van der Waals surface area contributed by atoms with Crippen LogP contribution >= 0.6 is 15.9 Å². The fraction of sp³-hybridized carbons (Fsp3) is 0.462. The van der Waals surface area contributed by atoms with Crippen LogP contribution in [-0.2, 0) is 14.8 Å². The summed E-state index contributed by atoms with van der Waals surface area (Å²) in [5, 5.41) is 5.75. The summed E-state index contributed by atoms with van der Waals surface area (Å²) in [5.74, 6) is -0.275. The second-order valence-electron chi connectivity index (χ2n) is 4.69. The SMILES string of the molecule is CCNC(=O)C1CNCCN1S(=O)(=O)c1cccc(Br)c1. The average Bonchev–Trinajstić information content (AvgIpc) is 2.47. The molecule has 2 N–H and O–H groups in total. The molecule has 0 aromatic heterocycles. The Hall–Kier alpha value is -0.960. The molecule has 0 aliphatic carbocycles. The molecule has 1 aliphatic heterocycles. The van der Waals surface area contributed by atoms with E-state index in [1.54, 1.807) is 25.1 Å². The Morgan fingerprint density at radius 2 is 2.29 bits per heavy atom. The quantitative estimate of drug-likeness (QED) is 0.805. The van der Waals surface area contributed by atoms with Crippen molar-refractivity contribution in [2.24, 2.45) is 0 Å². The number of piperazine rings is 1. The maximum absolute atomic E-state index is 12.8. The molecule has 1 aromatic carbocycles. The van der Waals surface area contributed by atoms with Gasteiger partial charge in [-0.05, 0) is 25.1 Å². The molecule has 0 bridgehead atoms. The number of nitrogens with zero attached hydrogens (tertiary/aromatic N) is 1. The van der Waals surface area contributed by atoms with E-state index in [4.69, 9.17) is 0 Å². The summed E-state index contributed by atoms with van der Waals surface area (Å²) in [4.78, 5) is 12.3. The third-order valence-corrected chi connectivity index (χ3v) is 5.65. The summed E-state index contributed by atoms with van der Waals surface area (Å²) < 4.78 is 27.5. The minimum absolute atomic E-state index is 0.188. The zero-order valence-corrected chi connectivity index (χ0v) is 14.1. The van der Waals surface area contributed by atoms with Crippen LogP contribution in [0.25, 0.3) is 0 Å². The zero-order valence-electron chi connectivity index (χ0n) is 11.7. The van der Waals surface area contributed by atoms with Crippen LogP contribution in [0, 0.1) is 0 Å². The maximum Gasteiger partial charge on any atom is 0.243 e. The van der Waals surface area contributed by atoms with Gasteiger partial charge in [0.25, 0.3) is 0 Å². The van der Waals surface area contributed by atoms with E-state index in [9.17, 15) is 13.2 Å². The average molecular weight is 376 g/mol. The summed E-state index contributed by atoms with van der Waals surface area (Å²) >= 11 is 3.27. The van der Waals surface area contributed by atoms with E-state index in [0.29, 0.717) is 24.1 Å². The predicted octanol–water partition coefficient (Wildman–Crippen LogP) is 0.548. The van der Waals surface area contributed by atoms with Crippen molar-refractivity contribution in [3.8, 4) is 0 Å². The molecule has 1 unspecified atom stereocenters. The minimum atomic E-state index is -3.69. The van der Waals surface area contributed by atoms with Crippen LogP contribution in [0.1, 0.15) is 6.92 Å². The molecule has 8 heteroatoms. The lowest BCUT2D eigenvalue weighted by Gasteiger charge is -2.34. The van der Waals surface area contributed by atoms with E-state index in [-0.39, 0.29) is 17.3 Å². The van der Waals surface area contributed by atoms with Gasteiger partial charge < -0.3 is 10.6 Å². The first-order valence-electron chi connectivity index (χ1n) is 6.72. The van der Waals surface area contributed by atoms with Crippen molar-refractivity contribution < 1.29 is 13.2 Å². The van der Waals surface area contributed by atoms with Crippen molar-refractivity contribution in [3.05, 3.63) is 28.7 Å². The highest BCUT2D eigenvalue weighted by Gasteiger charge is 2.37. The number of carbonyl (C=O) groups is 1. The van der Waals surface area contributed by atoms with Gasteiger partial charge in [0.05, 0.1) is 4.90 Å². The Bertz CT molecular complexity index is 621. The van der Waals surface area contributed by atoms with E-state index in [0.717, 1.165) is 0 Å². The number of halogens is 1. The highest BCUT2D eigenvalue weighted by Crippen LogP contribution is 2.22. The largest absolute Gasteiger partial charge is 0.355 e. The lowest BCUT2D eigenvalue weighted by Crippen LogP contribution is -2.59. The molecular weight excluding hydrogens is 358 g/mol. The van der Waals surface area contributed by atoms with Gasteiger partial charge in [-0.3, -0.25) is 4.79 Å². The number of sulfonamides is 1. The molecule has 6 nitrogen and oxygen atoms in total. The molecule has 1 atom stereocenters. The predicted molar refractivity (Wildman–Crippen MR) is 83.4 cm³/mol. The van der Waals surface area contributed by atoms with Crippen LogP contribution in [0.3, 0.4) is 0 Å². The molecule has 0 spiro atoms. The Labute approximate surface area is 133 Å². The van der Waals surface area contributed by atoms with Crippen molar-refractivity contribution >= 4 is 31.9 Å². The molecule has 1 fully saturated rings. The minimum Gasteiger partial charge on any atom is -0.355 e. The normalized spacial score (nSPS) is 20.2. The van der Waals surface area contributed by atoms with Gasteiger partial charge in [-0.15, -0.1) is 0 Å². The van der Waals surface area contributed by atoms with Crippen LogP contribution in [0.5, 0.6) is 0 Å². The number of rotatable bonds is 4. The topological polar surface area (TPSA) is 78.5 Å². The van der Waals surface area contributed by atoms with Crippen LogP contribution in [0.4, 0.5) is 0 Å². The second-order valence-corrected chi connectivity index (χ2v) is 7.49. The van der Waals surface area contributed by atoms with Crippen molar-refractivity contribution in [2.75, 3.05) is 26.2 Å². The van der Waals surface area contributed by atoms with Crippen molar-refractivity contribution in [3.63, 3.8) is 0 Å². The Kier molecular flexibility index (Phi) is 5.37. The van der Waals surface area contributed by atoms with Crippen molar-refractivity contribution in [1.29, 1.82) is 0 Å². The Morgan fingerprint density at radius 3 is 2.95 bits per heavy atom. The van der Waals surface area contributed by atoms with E-state index < -0.39 is 16.1 Å². The van der Waals surface area contributed by atoms with Gasteiger partial charge in [0.2, 0.25) is 15.9 Å². The summed E-state index contributed by atoms with van der Waals surface area (Å²) in [6, 6.07) is 5.80. The number of hydrogen-bond donors (Lipinski definition) is 2. The van der Waals surface area contributed by atoms with Gasteiger partial charge in [-0.2, -0.15) is 4.31 Å². The highest BCUT2D eigenvalue weighted by atomic mass is 79.9. The maximum atomic E-state index is 12.8. The fourth-order valence-electron chi connectivity index (χ4n) is 2.25. The van der Waals surface area contributed by atoms with Crippen LogP contribution in [0.2, 0.25) is 0 Å². The van der Waals surface area contributed by atoms with Gasteiger partial charge in [-0.1, -0.05) is 22.0 Å². The second kappa shape index (κ2) is 6.87. The van der Waals surface area contributed by atoms with Gasteiger partial charge >= 0.3 is 0 Å². The molecule has 0 radical (unpaired) electrons. The van der Waals surface area contributed by atoms with Gasteiger partial charge in [0, 0.05) is 30.7 Å². The molecule has 1 heterocycles. The number of benzene rings is 1. The molecule has 0 saturated carbocycles. The van der Waals surface area contributed by atoms with E-state index in [2.05, 4.69) is 26.6 Å². The van der Waals surface area contributed by atoms with E-state index in [1.165, 1.54) is 10.4 Å². The number of amides is 1. The molecule has 1 saturated heterocycles. The van der Waals surface area contributed by atoms with E-state index in [1.807, 2.05) is 0 Å². The Balaban J connectivity index is 2.34. The number of hydrogen-bond acceptors (Lipinski definition) is 4. The standard InChI is InChI=1S/C13H18BrN3O3S/c1-2-16-13(18)12-9-15-6-7-17(12)21(19,20)11-5-3-4-10(14)8-11/h3-5,8,12,15H,2,6-7,9H2,1H3,(H,16,18). The zero-order chi connectivity index (χ0) is 15.5. The first kappa shape index (κ1) is 16.4. The molecule has 2 rings (SSSR count). The number of nitrogens with one attached hydrogen (secondary N) is 2. The number of carbonyl (C=O) groups excluding carboxylic acids is 1. The molecule has 1 aliphatic rings. The van der Waals surface area contributed by atoms with Crippen molar-refractivity contribution in [1.82, 2.24) is 14.9 Å². The fourth-order valence-corrected chi connectivity index (χ4v) is 4.44. The molecule has 116 valence electrons. The first-order chi connectivity index (χ1) is 9.96. The first-order valence-corrected chi connectivity index (χ1v) is 8.96. The monoisotopic (exact) mass is 375 g/mol. The lowest BCUT2D eigenvalue weighted by molar-refractivity contribution is -0.125. The van der Waals surface area contributed by atoms with E-state index >= 15 is 0 Å². The Morgan fingerprint density at radius 1 is 1.52 bits per heavy atom. The summed E-state index contributed by atoms with van der Waals surface area (Å²) in [6.45, 7) is 3.40. The summed E-state index contributed by atoms with van der Waals surface area (Å²) in [7, 11) is -3.69. The van der Waals surface area contributed by atoms with Crippen LogP contribution in [-0.4, -0.2) is 50.9 Å². The summed E-state index contributed by atoms with van der Waals surface area (Å²) in [5.41, 5.74) is 0. The third-order valence-electron chi connectivity index (χ3n) is 3.25. The smallest absolute Gasteiger partial charge is 0.243 e. The molecule has 1 aromatic rings. The number of likely N-dealkylation sites (N-methyl/N-ethyl adjacent to an activating group) is 1. The summed E-state index contributed by atoms with van der Waals surface area (Å²) in [6.07, 6.45) is 0. The van der Waals surface area contributed by atoms with Crippen LogP contribution in [0.15, 0.2) is 33.6 Å².